The van der Waals surface area contributed by atoms with Crippen molar-refractivity contribution in [1.29, 1.82) is 0 Å². The quantitative estimate of drug-likeness (QED) is 0.433. The number of carbonyl (C=O) groups excluding carboxylic acids is 2. The number of rotatable bonds is 8. The van der Waals surface area contributed by atoms with Crippen LogP contribution in [0, 0.1) is 0 Å². The number of nitrogens with zero attached hydrogens (tertiary/aromatic N) is 1. The molecule has 138 valence electrons. The number of aromatic nitrogens is 1. The molecule has 6 nitrogen and oxygen atoms in total. The average Bonchev–Trinajstić information content (AvgIpc) is 3.08. The summed E-state index contributed by atoms with van der Waals surface area (Å²) in [5.74, 6) is -0.698. The zero-order valence-electron chi connectivity index (χ0n) is 14.5. The van der Waals surface area contributed by atoms with E-state index < -0.39 is 5.97 Å². The first kappa shape index (κ1) is 18.5. The number of allylic oxidation sites excluding steroid dienone is 1. The molecule has 0 spiro atoms. The van der Waals surface area contributed by atoms with Gasteiger partial charge in [0.15, 0.2) is 12.2 Å². The second-order valence-corrected chi connectivity index (χ2v) is 7.03. The molecule has 0 unspecified atom stereocenters. The van der Waals surface area contributed by atoms with Crippen LogP contribution < -0.4 is 5.32 Å². The van der Waals surface area contributed by atoms with E-state index >= 15 is 0 Å². The monoisotopic (exact) mass is 374 g/mol. The smallest absolute Gasteiger partial charge is 0.316 e. The average molecular weight is 374 g/mol. The number of oxazole rings is 1. The molecule has 3 rings (SSSR count). The molecule has 0 bridgehead atoms. The summed E-state index contributed by atoms with van der Waals surface area (Å²) in [5, 5.41) is 3.19. The van der Waals surface area contributed by atoms with Crippen LogP contribution in [0.2, 0.25) is 0 Å². The van der Waals surface area contributed by atoms with Crippen LogP contribution in [0.15, 0.2) is 45.6 Å². The Bertz CT molecular complexity index is 767. The minimum atomic E-state index is -0.470. The number of para-hydroxylation sites is 2. The Morgan fingerprint density at radius 3 is 2.96 bits per heavy atom. The van der Waals surface area contributed by atoms with Gasteiger partial charge in [0.2, 0.25) is 0 Å². The van der Waals surface area contributed by atoms with Crippen LogP contribution in [-0.2, 0) is 14.3 Å². The zero-order valence-corrected chi connectivity index (χ0v) is 15.3. The maximum Gasteiger partial charge on any atom is 0.316 e. The third kappa shape index (κ3) is 5.62. The lowest BCUT2D eigenvalue weighted by molar-refractivity contribution is -0.145. The Hall–Kier alpha value is -2.28. The third-order valence-corrected chi connectivity index (χ3v) is 4.91. The van der Waals surface area contributed by atoms with E-state index in [1.54, 1.807) is 0 Å². The Kier molecular flexibility index (Phi) is 6.71. The van der Waals surface area contributed by atoms with Crippen molar-refractivity contribution in [1.82, 2.24) is 10.3 Å². The minimum Gasteiger partial charge on any atom is -0.455 e. The molecule has 7 heteroatoms. The molecule has 0 saturated carbocycles. The van der Waals surface area contributed by atoms with Crippen LogP contribution in [0.25, 0.3) is 11.1 Å². The van der Waals surface area contributed by atoms with Crippen molar-refractivity contribution < 1.29 is 18.7 Å². The molecule has 1 amide bonds. The van der Waals surface area contributed by atoms with Crippen molar-refractivity contribution in [2.75, 3.05) is 18.9 Å². The lowest BCUT2D eigenvalue weighted by Gasteiger charge is -2.12. The van der Waals surface area contributed by atoms with Gasteiger partial charge in [-0.3, -0.25) is 9.59 Å². The van der Waals surface area contributed by atoms with Crippen LogP contribution in [0.1, 0.15) is 32.1 Å². The SMILES string of the molecule is O=C(COC(=O)CSc1nc2ccccc2o1)NCCC1=CCCCC1. The van der Waals surface area contributed by atoms with Gasteiger partial charge in [0.25, 0.3) is 11.1 Å². The van der Waals surface area contributed by atoms with Crippen LogP contribution in [0.4, 0.5) is 0 Å². The third-order valence-electron chi connectivity index (χ3n) is 4.11. The number of fused-ring (bicyclic) bond motifs is 1. The lowest BCUT2D eigenvalue weighted by Crippen LogP contribution is -2.30. The van der Waals surface area contributed by atoms with Gasteiger partial charge in [-0.2, -0.15) is 0 Å². The van der Waals surface area contributed by atoms with Crippen LogP contribution >= 0.6 is 11.8 Å². The number of esters is 1. The first-order valence-electron chi connectivity index (χ1n) is 8.79. The number of thioether (sulfide) groups is 1. The van der Waals surface area contributed by atoms with Gasteiger partial charge < -0.3 is 14.5 Å². The number of hydrogen-bond donors (Lipinski definition) is 1. The molecular weight excluding hydrogens is 352 g/mol. The molecule has 1 aliphatic rings. The molecule has 0 saturated heterocycles. The van der Waals surface area contributed by atoms with Gasteiger partial charge in [-0.05, 0) is 44.2 Å². The van der Waals surface area contributed by atoms with Crippen molar-refractivity contribution >= 4 is 34.7 Å². The predicted octanol–water partition coefficient (Wildman–Crippen LogP) is 3.47. The highest BCUT2D eigenvalue weighted by molar-refractivity contribution is 7.99. The number of carbonyl (C=O) groups is 2. The molecule has 0 aliphatic heterocycles. The molecular formula is C19H22N2O4S. The molecule has 26 heavy (non-hydrogen) atoms. The largest absolute Gasteiger partial charge is 0.455 e. The van der Waals surface area contributed by atoms with E-state index in [-0.39, 0.29) is 18.3 Å². The molecule has 0 fully saturated rings. The summed E-state index contributed by atoms with van der Waals surface area (Å²) < 4.78 is 10.5. The number of benzene rings is 1. The van der Waals surface area contributed by atoms with Crippen molar-refractivity contribution in [3.63, 3.8) is 0 Å². The number of hydrogen-bond acceptors (Lipinski definition) is 6. The maximum atomic E-state index is 11.8. The molecule has 0 atom stereocenters. The summed E-state index contributed by atoms with van der Waals surface area (Å²) in [7, 11) is 0. The van der Waals surface area contributed by atoms with E-state index in [1.165, 1.54) is 18.4 Å². The molecule has 1 aromatic carbocycles. The van der Waals surface area contributed by atoms with Gasteiger partial charge in [0, 0.05) is 6.54 Å². The summed E-state index contributed by atoms with van der Waals surface area (Å²) in [6.07, 6.45) is 7.88. The minimum absolute atomic E-state index is 0.0486. The highest BCUT2D eigenvalue weighted by Crippen LogP contribution is 2.23. The van der Waals surface area contributed by atoms with Gasteiger partial charge in [0.1, 0.15) is 11.3 Å². The normalized spacial score (nSPS) is 14.1. The fourth-order valence-electron chi connectivity index (χ4n) is 2.77. The topological polar surface area (TPSA) is 81.4 Å². The standard InChI is InChI=1S/C19H22N2O4S/c22-17(20-11-10-14-6-2-1-3-7-14)12-24-18(23)13-26-19-21-15-8-4-5-9-16(15)25-19/h4-6,8-9H,1-3,7,10-13H2,(H,20,22). The van der Waals surface area contributed by atoms with Crippen molar-refractivity contribution in [2.45, 2.75) is 37.3 Å². The molecule has 0 radical (unpaired) electrons. The van der Waals surface area contributed by atoms with Crippen molar-refractivity contribution in [3.8, 4) is 0 Å². The highest BCUT2D eigenvalue weighted by atomic mass is 32.2. The van der Waals surface area contributed by atoms with E-state index in [0.717, 1.165) is 36.5 Å². The predicted molar refractivity (Wildman–Crippen MR) is 99.9 cm³/mol. The van der Waals surface area contributed by atoms with Crippen LogP contribution in [0.3, 0.4) is 0 Å². The Morgan fingerprint density at radius 1 is 1.27 bits per heavy atom. The first-order valence-corrected chi connectivity index (χ1v) is 9.78. The Morgan fingerprint density at radius 2 is 2.15 bits per heavy atom. The molecule has 1 aromatic heterocycles. The first-order chi connectivity index (χ1) is 12.7. The highest BCUT2D eigenvalue weighted by Gasteiger charge is 2.12. The van der Waals surface area contributed by atoms with E-state index in [9.17, 15) is 9.59 Å². The maximum absolute atomic E-state index is 11.8. The summed E-state index contributed by atoms with van der Waals surface area (Å²) >= 11 is 1.15. The second kappa shape index (κ2) is 9.43. The summed E-state index contributed by atoms with van der Waals surface area (Å²) in [4.78, 5) is 27.8. The van der Waals surface area contributed by atoms with Crippen LogP contribution in [-0.4, -0.2) is 35.8 Å². The fourth-order valence-corrected chi connectivity index (χ4v) is 3.40. The molecule has 1 N–H and O–H groups in total. The van der Waals surface area contributed by atoms with Crippen molar-refractivity contribution in [2.24, 2.45) is 0 Å². The number of ether oxygens (including phenoxy) is 1. The van der Waals surface area contributed by atoms with Gasteiger partial charge in [-0.15, -0.1) is 0 Å². The lowest BCUT2D eigenvalue weighted by atomic mass is 9.97. The van der Waals surface area contributed by atoms with Gasteiger partial charge in [0.05, 0.1) is 0 Å². The van der Waals surface area contributed by atoms with E-state index in [1.807, 2.05) is 24.3 Å². The molecule has 1 aliphatic carbocycles. The summed E-state index contributed by atoms with van der Waals surface area (Å²) in [5.41, 5.74) is 2.83. The Labute approximate surface area is 156 Å². The van der Waals surface area contributed by atoms with Crippen LogP contribution in [0.5, 0.6) is 0 Å². The zero-order chi connectivity index (χ0) is 18.2. The number of amides is 1. The number of nitrogens with one attached hydrogen (secondary N) is 1. The van der Waals surface area contributed by atoms with Gasteiger partial charge in [-0.1, -0.05) is 35.5 Å². The van der Waals surface area contributed by atoms with E-state index in [2.05, 4.69) is 16.4 Å². The molecule has 1 heterocycles. The van der Waals surface area contributed by atoms with Crippen molar-refractivity contribution in [3.05, 3.63) is 35.9 Å². The van der Waals surface area contributed by atoms with Gasteiger partial charge in [-0.25, -0.2) is 4.98 Å². The van der Waals surface area contributed by atoms with Gasteiger partial charge >= 0.3 is 5.97 Å². The fraction of sp³-hybridized carbons (Fsp3) is 0.421. The van der Waals surface area contributed by atoms with E-state index in [4.69, 9.17) is 9.15 Å². The summed E-state index contributed by atoms with van der Waals surface area (Å²) in [6, 6.07) is 7.39. The van der Waals surface area contributed by atoms with E-state index in [0.29, 0.717) is 17.4 Å². The summed E-state index contributed by atoms with van der Waals surface area (Å²) in [6.45, 7) is 0.325. The molecule has 2 aromatic rings. The second-order valence-electron chi connectivity index (χ2n) is 6.10. The Balaban J connectivity index is 1.31.